The van der Waals surface area contributed by atoms with E-state index in [4.69, 9.17) is 9.84 Å². The summed E-state index contributed by atoms with van der Waals surface area (Å²) < 4.78 is 7.42. The standard InChI is InChI=1S/C20H14I2N2O6/c1-24-18(26)13(17(25)23-20(24)29)6-11-7-14(21)16(15(22)8-11)30-9-10-2-4-12(5-3-10)19(27)28/h2-8H,9H2,1H3,(H,27,28)(H,23,25,29)/b13-6+. The first kappa shape index (κ1) is 22.2. The van der Waals surface area contributed by atoms with E-state index in [9.17, 15) is 19.2 Å². The van der Waals surface area contributed by atoms with E-state index in [2.05, 4.69) is 50.5 Å². The summed E-state index contributed by atoms with van der Waals surface area (Å²) in [5.41, 5.74) is 1.50. The van der Waals surface area contributed by atoms with Gasteiger partial charge in [-0.3, -0.25) is 19.8 Å². The number of carboxylic acids is 1. The number of hydrogen-bond donors (Lipinski definition) is 2. The number of carbonyl (C=O) groups excluding carboxylic acids is 3. The van der Waals surface area contributed by atoms with Crippen LogP contribution in [0.1, 0.15) is 21.5 Å². The highest BCUT2D eigenvalue weighted by Crippen LogP contribution is 2.31. The number of aromatic carboxylic acids is 1. The minimum absolute atomic E-state index is 0.129. The van der Waals surface area contributed by atoms with Crippen molar-refractivity contribution in [2.45, 2.75) is 6.61 Å². The lowest BCUT2D eigenvalue weighted by Gasteiger charge is -2.22. The summed E-state index contributed by atoms with van der Waals surface area (Å²) in [4.78, 5) is 47.5. The molecule has 3 rings (SSSR count). The molecule has 154 valence electrons. The van der Waals surface area contributed by atoms with Gasteiger partial charge < -0.3 is 9.84 Å². The summed E-state index contributed by atoms with van der Waals surface area (Å²) in [7, 11) is 1.30. The van der Waals surface area contributed by atoms with E-state index in [1.54, 1.807) is 24.3 Å². The van der Waals surface area contributed by atoms with E-state index >= 15 is 0 Å². The largest absolute Gasteiger partial charge is 0.487 e. The molecular formula is C20H14I2N2O6. The molecule has 1 fully saturated rings. The number of urea groups is 1. The normalized spacial score (nSPS) is 15.4. The Morgan fingerprint density at radius 1 is 1.13 bits per heavy atom. The molecule has 0 aromatic heterocycles. The van der Waals surface area contributed by atoms with Gasteiger partial charge in [0.15, 0.2) is 0 Å². The summed E-state index contributed by atoms with van der Waals surface area (Å²) in [5.74, 6) is -1.76. The van der Waals surface area contributed by atoms with Crippen LogP contribution in [0.15, 0.2) is 42.0 Å². The molecule has 30 heavy (non-hydrogen) atoms. The number of amides is 4. The van der Waals surface area contributed by atoms with Crippen LogP contribution in [-0.4, -0.2) is 40.9 Å². The van der Waals surface area contributed by atoms with Gasteiger partial charge in [0.2, 0.25) is 0 Å². The number of imide groups is 2. The number of benzene rings is 2. The maximum absolute atomic E-state index is 12.2. The Kier molecular flexibility index (Phi) is 6.75. The molecule has 0 atom stereocenters. The number of carbonyl (C=O) groups is 4. The van der Waals surface area contributed by atoms with E-state index in [0.29, 0.717) is 11.3 Å². The lowest BCUT2D eigenvalue weighted by molar-refractivity contribution is -0.129. The van der Waals surface area contributed by atoms with Crippen molar-refractivity contribution in [3.05, 3.63) is 65.8 Å². The Hall–Kier alpha value is -2.48. The van der Waals surface area contributed by atoms with Crippen molar-refractivity contribution in [2.24, 2.45) is 0 Å². The van der Waals surface area contributed by atoms with Crippen molar-refractivity contribution in [1.29, 1.82) is 0 Å². The fourth-order valence-electron chi connectivity index (χ4n) is 2.61. The predicted molar refractivity (Wildman–Crippen MR) is 124 cm³/mol. The Morgan fingerprint density at radius 3 is 2.30 bits per heavy atom. The molecule has 0 aliphatic carbocycles. The zero-order chi connectivity index (χ0) is 22.0. The highest BCUT2D eigenvalue weighted by molar-refractivity contribution is 14.1. The number of nitrogens with one attached hydrogen (secondary N) is 1. The quantitative estimate of drug-likeness (QED) is 0.298. The second-order valence-electron chi connectivity index (χ2n) is 6.29. The third-order valence-electron chi connectivity index (χ3n) is 4.22. The van der Waals surface area contributed by atoms with Gasteiger partial charge in [0.25, 0.3) is 11.8 Å². The van der Waals surface area contributed by atoms with Crippen LogP contribution in [0.5, 0.6) is 5.75 Å². The SMILES string of the molecule is CN1C(=O)NC(=O)/C(=C\c2cc(I)c(OCc3ccc(C(=O)O)cc3)c(I)c2)C1=O. The lowest BCUT2D eigenvalue weighted by Crippen LogP contribution is -2.52. The molecule has 4 amide bonds. The molecule has 2 aromatic rings. The Morgan fingerprint density at radius 2 is 1.73 bits per heavy atom. The molecular weight excluding hydrogens is 618 g/mol. The van der Waals surface area contributed by atoms with E-state index in [0.717, 1.165) is 17.6 Å². The first-order valence-electron chi connectivity index (χ1n) is 8.46. The molecule has 0 bridgehead atoms. The van der Waals surface area contributed by atoms with Crippen LogP contribution >= 0.6 is 45.2 Å². The third kappa shape index (κ3) is 4.80. The van der Waals surface area contributed by atoms with Crippen LogP contribution in [0, 0.1) is 7.14 Å². The number of likely N-dealkylation sites (N-methyl/N-ethyl adjacent to an activating group) is 1. The van der Waals surface area contributed by atoms with Gasteiger partial charge in [-0.1, -0.05) is 12.1 Å². The third-order valence-corrected chi connectivity index (χ3v) is 5.82. The van der Waals surface area contributed by atoms with Gasteiger partial charge in [0, 0.05) is 7.05 Å². The fraction of sp³-hybridized carbons (Fsp3) is 0.100. The molecule has 0 radical (unpaired) electrons. The monoisotopic (exact) mass is 632 g/mol. The van der Waals surface area contributed by atoms with Crippen LogP contribution in [0.2, 0.25) is 0 Å². The van der Waals surface area contributed by atoms with Gasteiger partial charge in [0.05, 0.1) is 12.7 Å². The molecule has 0 unspecified atom stereocenters. The smallest absolute Gasteiger partial charge is 0.335 e. The topological polar surface area (TPSA) is 113 Å². The van der Waals surface area contributed by atoms with E-state index in [1.165, 1.54) is 25.3 Å². The van der Waals surface area contributed by atoms with Crippen molar-refractivity contribution in [3.8, 4) is 5.75 Å². The molecule has 1 heterocycles. The highest BCUT2D eigenvalue weighted by atomic mass is 127. The summed E-state index contributed by atoms with van der Waals surface area (Å²) in [6.45, 7) is 0.250. The molecule has 0 spiro atoms. The number of carboxylic acid groups (broad SMARTS) is 1. The van der Waals surface area contributed by atoms with Crippen LogP contribution in [0.25, 0.3) is 6.08 Å². The van der Waals surface area contributed by atoms with Gasteiger partial charge in [-0.05, 0) is 86.7 Å². The highest BCUT2D eigenvalue weighted by Gasteiger charge is 2.33. The van der Waals surface area contributed by atoms with Gasteiger partial charge >= 0.3 is 12.0 Å². The maximum atomic E-state index is 12.2. The second kappa shape index (κ2) is 9.12. The van der Waals surface area contributed by atoms with E-state index < -0.39 is 23.8 Å². The van der Waals surface area contributed by atoms with Crippen molar-refractivity contribution in [1.82, 2.24) is 10.2 Å². The summed E-state index contributed by atoms with van der Waals surface area (Å²) >= 11 is 4.19. The van der Waals surface area contributed by atoms with E-state index in [1.807, 2.05) is 0 Å². The van der Waals surface area contributed by atoms with Crippen molar-refractivity contribution >= 4 is 75.1 Å². The number of nitrogens with zero attached hydrogens (tertiary/aromatic N) is 1. The second-order valence-corrected chi connectivity index (χ2v) is 8.61. The zero-order valence-electron chi connectivity index (χ0n) is 15.4. The Bertz CT molecular complexity index is 1070. The maximum Gasteiger partial charge on any atom is 0.335 e. The first-order valence-corrected chi connectivity index (χ1v) is 10.6. The first-order chi connectivity index (χ1) is 14.2. The van der Waals surface area contributed by atoms with Crippen molar-refractivity contribution < 1.29 is 29.0 Å². The van der Waals surface area contributed by atoms with E-state index in [-0.39, 0.29) is 17.7 Å². The number of rotatable bonds is 5. The number of ether oxygens (including phenoxy) is 1. The fourth-order valence-corrected chi connectivity index (χ4v) is 4.74. The number of halogens is 2. The molecule has 8 nitrogen and oxygen atoms in total. The number of hydrogen-bond acceptors (Lipinski definition) is 5. The summed E-state index contributed by atoms with van der Waals surface area (Å²) in [6.07, 6.45) is 1.43. The lowest BCUT2D eigenvalue weighted by atomic mass is 10.1. The molecule has 2 N–H and O–H groups in total. The van der Waals surface area contributed by atoms with Gasteiger partial charge in [-0.25, -0.2) is 9.59 Å². The van der Waals surface area contributed by atoms with Crippen molar-refractivity contribution in [2.75, 3.05) is 7.05 Å². The van der Waals surface area contributed by atoms with Crippen LogP contribution < -0.4 is 10.1 Å². The van der Waals surface area contributed by atoms with Crippen LogP contribution in [0.3, 0.4) is 0 Å². The average molecular weight is 632 g/mol. The molecule has 1 saturated heterocycles. The average Bonchev–Trinajstić information content (AvgIpc) is 2.69. The number of barbiturate groups is 1. The molecule has 1 aliphatic heterocycles. The summed E-state index contributed by atoms with van der Waals surface area (Å²) in [6, 6.07) is 9.16. The van der Waals surface area contributed by atoms with Gasteiger partial charge in [0.1, 0.15) is 17.9 Å². The molecule has 2 aromatic carbocycles. The van der Waals surface area contributed by atoms with Gasteiger partial charge in [-0.15, -0.1) is 0 Å². The minimum atomic E-state index is -0.989. The predicted octanol–water partition coefficient (Wildman–Crippen LogP) is 3.26. The minimum Gasteiger partial charge on any atom is -0.487 e. The van der Waals surface area contributed by atoms with Gasteiger partial charge in [-0.2, -0.15) is 0 Å². The van der Waals surface area contributed by atoms with Crippen molar-refractivity contribution in [3.63, 3.8) is 0 Å². The zero-order valence-corrected chi connectivity index (χ0v) is 19.8. The molecule has 10 heteroatoms. The van der Waals surface area contributed by atoms with Crippen LogP contribution in [-0.2, 0) is 16.2 Å². The summed E-state index contributed by atoms with van der Waals surface area (Å²) in [5, 5.41) is 11.1. The molecule has 0 saturated carbocycles. The Labute approximate surface area is 198 Å². The molecule has 1 aliphatic rings. The van der Waals surface area contributed by atoms with Crippen LogP contribution in [0.4, 0.5) is 4.79 Å². The Balaban J connectivity index is 1.80.